The quantitative estimate of drug-likeness (QED) is 0.851. The SMILES string of the molecule is NCCc1ccccc1C(=O)NCc1ccncc1. The molecule has 0 saturated carbocycles. The van der Waals surface area contributed by atoms with Gasteiger partial charge >= 0.3 is 0 Å². The Morgan fingerprint density at radius 1 is 1.16 bits per heavy atom. The third kappa shape index (κ3) is 3.63. The minimum Gasteiger partial charge on any atom is -0.348 e. The lowest BCUT2D eigenvalue weighted by molar-refractivity contribution is 0.0950. The first-order valence-electron chi connectivity index (χ1n) is 6.26. The van der Waals surface area contributed by atoms with Crippen molar-refractivity contribution in [3.05, 3.63) is 65.5 Å². The van der Waals surface area contributed by atoms with E-state index in [1.165, 1.54) is 0 Å². The van der Waals surface area contributed by atoms with Crippen LogP contribution < -0.4 is 11.1 Å². The Kier molecular flexibility index (Phi) is 4.64. The summed E-state index contributed by atoms with van der Waals surface area (Å²) < 4.78 is 0. The van der Waals surface area contributed by atoms with Crippen molar-refractivity contribution >= 4 is 5.91 Å². The van der Waals surface area contributed by atoms with Crippen molar-refractivity contribution in [3.8, 4) is 0 Å². The Balaban J connectivity index is 2.04. The molecule has 4 nitrogen and oxygen atoms in total. The molecule has 1 heterocycles. The molecule has 4 heteroatoms. The van der Waals surface area contributed by atoms with E-state index in [9.17, 15) is 4.79 Å². The molecule has 2 aromatic rings. The molecule has 1 amide bonds. The van der Waals surface area contributed by atoms with Gasteiger partial charge in [-0.25, -0.2) is 0 Å². The molecule has 2 rings (SSSR count). The van der Waals surface area contributed by atoms with Crippen LogP contribution in [0.15, 0.2) is 48.8 Å². The predicted molar refractivity (Wildman–Crippen MR) is 74.6 cm³/mol. The number of carbonyl (C=O) groups excluding carboxylic acids is 1. The molecule has 3 N–H and O–H groups in total. The van der Waals surface area contributed by atoms with Crippen molar-refractivity contribution in [1.29, 1.82) is 0 Å². The summed E-state index contributed by atoms with van der Waals surface area (Å²) in [6.07, 6.45) is 4.13. The molecule has 0 aliphatic carbocycles. The summed E-state index contributed by atoms with van der Waals surface area (Å²) in [6.45, 7) is 1.03. The molecule has 0 unspecified atom stereocenters. The molecule has 0 spiro atoms. The van der Waals surface area contributed by atoms with Crippen LogP contribution in [0, 0.1) is 0 Å². The molecule has 0 atom stereocenters. The van der Waals surface area contributed by atoms with E-state index in [1.807, 2.05) is 36.4 Å². The number of aromatic nitrogens is 1. The van der Waals surface area contributed by atoms with Crippen LogP contribution in [0.3, 0.4) is 0 Å². The molecule has 1 aromatic heterocycles. The number of pyridine rings is 1. The maximum absolute atomic E-state index is 12.1. The fourth-order valence-electron chi connectivity index (χ4n) is 1.89. The fourth-order valence-corrected chi connectivity index (χ4v) is 1.89. The summed E-state index contributed by atoms with van der Waals surface area (Å²) in [5, 5.41) is 2.91. The molecule has 0 aliphatic rings. The summed E-state index contributed by atoms with van der Waals surface area (Å²) in [5.74, 6) is -0.0686. The van der Waals surface area contributed by atoms with E-state index in [-0.39, 0.29) is 5.91 Å². The Labute approximate surface area is 112 Å². The smallest absolute Gasteiger partial charge is 0.251 e. The van der Waals surface area contributed by atoms with Gasteiger partial charge in [0.25, 0.3) is 5.91 Å². The maximum Gasteiger partial charge on any atom is 0.251 e. The molecule has 0 bridgehead atoms. The number of hydrogen-bond donors (Lipinski definition) is 2. The highest BCUT2D eigenvalue weighted by Crippen LogP contribution is 2.09. The fraction of sp³-hybridized carbons (Fsp3) is 0.200. The zero-order valence-electron chi connectivity index (χ0n) is 10.7. The minimum atomic E-state index is -0.0686. The average molecular weight is 255 g/mol. The standard InChI is InChI=1S/C15H17N3O/c16-8-5-13-3-1-2-4-14(13)15(19)18-11-12-6-9-17-10-7-12/h1-4,6-7,9-10H,5,8,11,16H2,(H,18,19). The Hall–Kier alpha value is -2.20. The highest BCUT2D eigenvalue weighted by Gasteiger charge is 2.09. The third-order valence-corrected chi connectivity index (χ3v) is 2.88. The number of carbonyl (C=O) groups is 1. The first kappa shape index (κ1) is 13.2. The van der Waals surface area contributed by atoms with Gasteiger partial charge in [-0.15, -0.1) is 0 Å². The zero-order valence-corrected chi connectivity index (χ0v) is 10.7. The number of nitrogens with one attached hydrogen (secondary N) is 1. The molecular weight excluding hydrogens is 238 g/mol. The van der Waals surface area contributed by atoms with E-state index in [1.54, 1.807) is 12.4 Å². The maximum atomic E-state index is 12.1. The van der Waals surface area contributed by atoms with Crippen molar-refractivity contribution in [2.75, 3.05) is 6.54 Å². The average Bonchev–Trinajstić information content (AvgIpc) is 2.47. The normalized spacial score (nSPS) is 10.2. The number of nitrogens with zero attached hydrogens (tertiary/aromatic N) is 1. The van der Waals surface area contributed by atoms with Gasteiger partial charge < -0.3 is 11.1 Å². The molecule has 0 radical (unpaired) electrons. The van der Waals surface area contributed by atoms with Gasteiger partial charge in [-0.05, 0) is 42.3 Å². The van der Waals surface area contributed by atoms with Crippen molar-refractivity contribution in [2.45, 2.75) is 13.0 Å². The zero-order chi connectivity index (χ0) is 13.5. The largest absolute Gasteiger partial charge is 0.348 e. The van der Waals surface area contributed by atoms with Crippen LogP contribution in [0.5, 0.6) is 0 Å². The number of rotatable bonds is 5. The van der Waals surface area contributed by atoms with E-state index in [0.717, 1.165) is 11.1 Å². The molecule has 0 aliphatic heterocycles. The summed E-state index contributed by atoms with van der Waals surface area (Å²) >= 11 is 0. The van der Waals surface area contributed by atoms with Crippen LogP contribution in [0.25, 0.3) is 0 Å². The second-order valence-electron chi connectivity index (χ2n) is 4.23. The number of benzene rings is 1. The minimum absolute atomic E-state index is 0.0686. The van der Waals surface area contributed by atoms with Crippen molar-refractivity contribution in [3.63, 3.8) is 0 Å². The lowest BCUT2D eigenvalue weighted by Crippen LogP contribution is -2.24. The van der Waals surface area contributed by atoms with Crippen LogP contribution in [0.1, 0.15) is 21.5 Å². The van der Waals surface area contributed by atoms with Crippen molar-refractivity contribution in [2.24, 2.45) is 5.73 Å². The Bertz CT molecular complexity index is 540. The molecule has 0 fully saturated rings. The van der Waals surface area contributed by atoms with Gasteiger partial charge in [0, 0.05) is 24.5 Å². The summed E-state index contributed by atoms with van der Waals surface area (Å²) in [7, 11) is 0. The van der Waals surface area contributed by atoms with Gasteiger partial charge in [0.1, 0.15) is 0 Å². The highest BCUT2D eigenvalue weighted by molar-refractivity contribution is 5.95. The summed E-state index contributed by atoms with van der Waals surface area (Å²) in [4.78, 5) is 16.1. The summed E-state index contributed by atoms with van der Waals surface area (Å²) in [6, 6.07) is 11.3. The van der Waals surface area contributed by atoms with Gasteiger partial charge in [-0.2, -0.15) is 0 Å². The molecule has 0 saturated heterocycles. The van der Waals surface area contributed by atoms with E-state index in [4.69, 9.17) is 5.73 Å². The van der Waals surface area contributed by atoms with Gasteiger partial charge in [0.2, 0.25) is 0 Å². The number of nitrogens with two attached hydrogens (primary N) is 1. The van der Waals surface area contributed by atoms with E-state index < -0.39 is 0 Å². The van der Waals surface area contributed by atoms with Crippen LogP contribution in [-0.2, 0) is 13.0 Å². The van der Waals surface area contributed by atoms with Crippen LogP contribution in [-0.4, -0.2) is 17.4 Å². The Morgan fingerprint density at radius 2 is 1.89 bits per heavy atom. The topological polar surface area (TPSA) is 68.0 Å². The van der Waals surface area contributed by atoms with Crippen LogP contribution in [0.4, 0.5) is 0 Å². The van der Waals surface area contributed by atoms with Crippen LogP contribution >= 0.6 is 0 Å². The van der Waals surface area contributed by atoms with E-state index in [0.29, 0.717) is 25.1 Å². The van der Waals surface area contributed by atoms with Gasteiger partial charge in [-0.1, -0.05) is 18.2 Å². The van der Waals surface area contributed by atoms with Gasteiger partial charge in [0.05, 0.1) is 0 Å². The second kappa shape index (κ2) is 6.66. The van der Waals surface area contributed by atoms with Crippen molar-refractivity contribution < 1.29 is 4.79 Å². The van der Waals surface area contributed by atoms with Gasteiger partial charge in [0.15, 0.2) is 0 Å². The monoisotopic (exact) mass is 255 g/mol. The first-order chi connectivity index (χ1) is 9.31. The number of hydrogen-bond acceptors (Lipinski definition) is 3. The molecule has 1 aromatic carbocycles. The lowest BCUT2D eigenvalue weighted by Gasteiger charge is -2.09. The molecule has 19 heavy (non-hydrogen) atoms. The van der Waals surface area contributed by atoms with Crippen LogP contribution in [0.2, 0.25) is 0 Å². The first-order valence-corrected chi connectivity index (χ1v) is 6.26. The van der Waals surface area contributed by atoms with Crippen molar-refractivity contribution in [1.82, 2.24) is 10.3 Å². The van der Waals surface area contributed by atoms with E-state index in [2.05, 4.69) is 10.3 Å². The Morgan fingerprint density at radius 3 is 2.63 bits per heavy atom. The second-order valence-corrected chi connectivity index (χ2v) is 4.23. The van der Waals surface area contributed by atoms with E-state index >= 15 is 0 Å². The summed E-state index contributed by atoms with van der Waals surface area (Å²) in [5.41, 5.74) is 8.26. The predicted octanol–water partition coefficient (Wildman–Crippen LogP) is 1.51. The van der Waals surface area contributed by atoms with Gasteiger partial charge in [-0.3, -0.25) is 9.78 Å². The highest BCUT2D eigenvalue weighted by atomic mass is 16.1. The number of amides is 1. The molecule has 98 valence electrons. The lowest BCUT2D eigenvalue weighted by atomic mass is 10.0. The molecular formula is C15H17N3O. The third-order valence-electron chi connectivity index (χ3n) is 2.88.